The second kappa shape index (κ2) is 4.55. The summed E-state index contributed by atoms with van der Waals surface area (Å²) in [4.78, 5) is 0. The van der Waals surface area contributed by atoms with E-state index in [1.165, 1.54) is 0 Å². The van der Waals surface area contributed by atoms with Crippen molar-refractivity contribution in [2.75, 3.05) is 11.1 Å². The predicted octanol–water partition coefficient (Wildman–Crippen LogP) is 2.19. The fourth-order valence-corrected chi connectivity index (χ4v) is 0.277. The van der Waals surface area contributed by atoms with E-state index in [1.54, 1.807) is 0 Å². The lowest BCUT2D eigenvalue weighted by Gasteiger charge is -1.92. The SMILES string of the molecule is FCC(I)CI. The molecule has 1 atom stereocenters. The summed E-state index contributed by atoms with van der Waals surface area (Å²) in [5.41, 5.74) is 0. The first-order chi connectivity index (χ1) is 2.81. The van der Waals surface area contributed by atoms with Gasteiger partial charge in [0.15, 0.2) is 0 Å². The van der Waals surface area contributed by atoms with Crippen molar-refractivity contribution >= 4 is 45.2 Å². The van der Waals surface area contributed by atoms with Crippen molar-refractivity contribution in [1.82, 2.24) is 0 Å². The Hall–Kier alpha value is 1.39. The third-order valence-electron chi connectivity index (χ3n) is 0.335. The van der Waals surface area contributed by atoms with Crippen LogP contribution in [-0.2, 0) is 0 Å². The van der Waals surface area contributed by atoms with Crippen LogP contribution in [0.4, 0.5) is 4.39 Å². The van der Waals surface area contributed by atoms with Gasteiger partial charge in [0.25, 0.3) is 0 Å². The third-order valence-corrected chi connectivity index (χ3v) is 3.86. The van der Waals surface area contributed by atoms with Gasteiger partial charge in [-0.3, -0.25) is 0 Å². The molecule has 0 rings (SSSR count). The molecule has 0 aromatic carbocycles. The molecule has 0 aliphatic carbocycles. The van der Waals surface area contributed by atoms with Crippen LogP contribution in [0.3, 0.4) is 0 Å². The first kappa shape index (κ1) is 7.39. The van der Waals surface area contributed by atoms with Crippen LogP contribution in [0.5, 0.6) is 0 Å². The van der Waals surface area contributed by atoms with E-state index in [2.05, 4.69) is 45.2 Å². The van der Waals surface area contributed by atoms with Crippen LogP contribution in [0.15, 0.2) is 0 Å². The number of alkyl halides is 3. The van der Waals surface area contributed by atoms with Gasteiger partial charge in [0.1, 0.15) is 6.67 Å². The van der Waals surface area contributed by atoms with Crippen LogP contribution >= 0.6 is 45.2 Å². The highest BCUT2D eigenvalue weighted by atomic mass is 127. The minimum Gasteiger partial charge on any atom is -0.250 e. The fourth-order valence-electron chi connectivity index (χ4n) is 0.0412. The number of hydrogen-bond acceptors (Lipinski definition) is 0. The van der Waals surface area contributed by atoms with E-state index in [9.17, 15) is 4.39 Å². The molecule has 0 saturated heterocycles. The summed E-state index contributed by atoms with van der Waals surface area (Å²) in [6.07, 6.45) is 0. The Morgan fingerprint density at radius 1 is 1.67 bits per heavy atom. The number of halogens is 3. The van der Waals surface area contributed by atoms with E-state index < -0.39 is 0 Å². The van der Waals surface area contributed by atoms with E-state index in [-0.39, 0.29) is 10.6 Å². The Kier molecular flexibility index (Phi) is 5.60. The Morgan fingerprint density at radius 2 is 2.17 bits per heavy atom. The maximum Gasteiger partial charge on any atom is 0.102 e. The molecule has 0 N–H and O–H groups in total. The average molecular weight is 314 g/mol. The maximum atomic E-state index is 11.4. The van der Waals surface area contributed by atoms with Crippen molar-refractivity contribution in [3.63, 3.8) is 0 Å². The Balaban J connectivity index is 2.75. The molecular formula is C3H5FI2. The van der Waals surface area contributed by atoms with Crippen molar-refractivity contribution in [3.05, 3.63) is 0 Å². The third kappa shape index (κ3) is 3.58. The minimum absolute atomic E-state index is 0.191. The summed E-state index contributed by atoms with van der Waals surface area (Å²) in [6, 6.07) is 0. The first-order valence-corrected chi connectivity index (χ1v) is 4.34. The molecule has 3 heteroatoms. The molecule has 0 aliphatic heterocycles. The van der Waals surface area contributed by atoms with Gasteiger partial charge < -0.3 is 0 Å². The van der Waals surface area contributed by atoms with Gasteiger partial charge in [-0.15, -0.1) is 0 Å². The molecule has 0 spiro atoms. The molecule has 0 aliphatic rings. The van der Waals surface area contributed by atoms with E-state index in [0.717, 1.165) is 4.43 Å². The van der Waals surface area contributed by atoms with E-state index in [0.29, 0.717) is 0 Å². The van der Waals surface area contributed by atoms with Crippen molar-refractivity contribution in [2.45, 2.75) is 3.92 Å². The lowest BCUT2D eigenvalue weighted by Crippen LogP contribution is -1.98. The second-order valence-electron chi connectivity index (χ2n) is 0.906. The quantitative estimate of drug-likeness (QED) is 0.541. The summed E-state index contributed by atoms with van der Waals surface area (Å²) >= 11 is 4.25. The monoisotopic (exact) mass is 314 g/mol. The highest BCUT2D eigenvalue weighted by molar-refractivity contribution is 14.1. The second-order valence-corrected chi connectivity index (χ2v) is 3.55. The van der Waals surface area contributed by atoms with Crippen molar-refractivity contribution < 1.29 is 4.39 Å². The van der Waals surface area contributed by atoms with Gasteiger partial charge in [0.2, 0.25) is 0 Å². The van der Waals surface area contributed by atoms with Crippen LogP contribution in [0.2, 0.25) is 0 Å². The molecular weight excluding hydrogens is 309 g/mol. The Bertz CT molecular complexity index is 28.0. The zero-order chi connectivity index (χ0) is 4.99. The molecule has 6 heavy (non-hydrogen) atoms. The van der Waals surface area contributed by atoms with Gasteiger partial charge in [0.05, 0.1) is 0 Å². The van der Waals surface area contributed by atoms with Gasteiger partial charge in [-0.05, 0) is 0 Å². The van der Waals surface area contributed by atoms with Gasteiger partial charge in [0, 0.05) is 8.35 Å². The predicted molar refractivity (Wildman–Crippen MR) is 42.7 cm³/mol. The lowest BCUT2D eigenvalue weighted by atomic mass is 10.6. The molecule has 0 nitrogen and oxygen atoms in total. The Morgan fingerprint density at radius 3 is 2.17 bits per heavy atom. The van der Waals surface area contributed by atoms with Crippen molar-refractivity contribution in [2.24, 2.45) is 0 Å². The highest BCUT2D eigenvalue weighted by Gasteiger charge is 1.95. The summed E-state index contributed by atoms with van der Waals surface area (Å²) in [6.45, 7) is -0.191. The molecule has 0 bridgehead atoms. The molecule has 0 amide bonds. The lowest BCUT2D eigenvalue weighted by molar-refractivity contribution is 0.505. The summed E-state index contributed by atoms with van der Waals surface area (Å²) in [5, 5.41) is 0. The van der Waals surface area contributed by atoms with E-state index in [4.69, 9.17) is 0 Å². The zero-order valence-electron chi connectivity index (χ0n) is 3.13. The fraction of sp³-hybridized carbons (Fsp3) is 1.00. The molecule has 0 heterocycles. The minimum atomic E-state index is -0.191. The standard InChI is InChI=1S/C3H5FI2/c4-1-3(6)2-5/h3H,1-2H2. The van der Waals surface area contributed by atoms with Crippen LogP contribution in [-0.4, -0.2) is 15.0 Å². The van der Waals surface area contributed by atoms with E-state index >= 15 is 0 Å². The topological polar surface area (TPSA) is 0 Å². The Labute approximate surface area is 64.2 Å². The van der Waals surface area contributed by atoms with Crippen molar-refractivity contribution in [3.8, 4) is 0 Å². The zero-order valence-corrected chi connectivity index (χ0v) is 7.44. The number of hydrogen-bond donors (Lipinski definition) is 0. The summed E-state index contributed by atoms with van der Waals surface area (Å²) in [5.74, 6) is 0. The normalized spacial score (nSPS) is 14.5. The van der Waals surface area contributed by atoms with Crippen LogP contribution in [0, 0.1) is 0 Å². The molecule has 0 aromatic heterocycles. The maximum absolute atomic E-state index is 11.4. The van der Waals surface area contributed by atoms with Gasteiger partial charge in [-0.1, -0.05) is 45.2 Å². The summed E-state index contributed by atoms with van der Waals surface area (Å²) < 4.78 is 12.5. The van der Waals surface area contributed by atoms with Gasteiger partial charge >= 0.3 is 0 Å². The van der Waals surface area contributed by atoms with Crippen molar-refractivity contribution in [1.29, 1.82) is 0 Å². The van der Waals surface area contributed by atoms with Gasteiger partial charge in [-0.25, -0.2) is 4.39 Å². The van der Waals surface area contributed by atoms with E-state index in [1.807, 2.05) is 0 Å². The molecule has 0 aromatic rings. The molecule has 38 valence electrons. The smallest absolute Gasteiger partial charge is 0.102 e. The largest absolute Gasteiger partial charge is 0.250 e. The van der Waals surface area contributed by atoms with Crippen LogP contribution in [0.25, 0.3) is 0 Å². The highest BCUT2D eigenvalue weighted by Crippen LogP contribution is 2.03. The molecule has 1 unspecified atom stereocenters. The van der Waals surface area contributed by atoms with Crippen LogP contribution in [0.1, 0.15) is 0 Å². The molecule has 0 saturated carbocycles. The van der Waals surface area contributed by atoms with Crippen LogP contribution < -0.4 is 0 Å². The van der Waals surface area contributed by atoms with Gasteiger partial charge in [-0.2, -0.15) is 0 Å². The summed E-state index contributed by atoms with van der Waals surface area (Å²) in [7, 11) is 0. The average Bonchev–Trinajstić information content (AvgIpc) is 1.65. The number of rotatable bonds is 2. The molecule has 0 fully saturated rings. The molecule has 0 radical (unpaired) electrons. The first-order valence-electron chi connectivity index (χ1n) is 1.57.